The molecule has 3 atom stereocenters. The molecule has 5 rings (SSSR count). The first kappa shape index (κ1) is 19.5. The molecule has 0 radical (unpaired) electrons. The van der Waals surface area contributed by atoms with E-state index in [1.807, 2.05) is 30.3 Å². The first-order chi connectivity index (χ1) is 14.3. The Kier molecular flexibility index (Phi) is 4.23. The van der Waals surface area contributed by atoms with Gasteiger partial charge in [0.05, 0.1) is 11.8 Å². The van der Waals surface area contributed by atoms with Crippen molar-refractivity contribution in [1.29, 1.82) is 0 Å². The number of amides is 1. The first-order valence-electron chi connectivity index (χ1n) is 10.5. The number of fused-ring (bicyclic) bond motifs is 1. The van der Waals surface area contributed by atoms with Crippen molar-refractivity contribution in [2.45, 2.75) is 39.2 Å². The number of rotatable bonds is 3. The summed E-state index contributed by atoms with van der Waals surface area (Å²) >= 11 is 0. The van der Waals surface area contributed by atoms with E-state index in [1.165, 1.54) is 4.31 Å². The predicted octanol–water partition coefficient (Wildman–Crippen LogP) is 3.99. The van der Waals surface area contributed by atoms with Gasteiger partial charge in [-0.2, -0.15) is 0 Å². The topological polar surface area (TPSA) is 67.3 Å². The standard InChI is InChI=1S/C24H26N2O3S/c1-23(2)19-8-11-24(23)16-30(28,29)26(21(24)15-19)22(27)20(18-9-12-25-13-10-18)14-17-6-4-3-5-7-17/h3-7,9-10,12-14,19,21H,8,11,15-16H2,1-2H3/b20-14-/t19?,21?,24-/m1/s1. The van der Waals surface area contributed by atoms with E-state index in [0.717, 1.165) is 24.8 Å². The zero-order chi connectivity index (χ0) is 21.1. The fraction of sp³-hybridized carbons (Fsp3) is 0.417. The fourth-order valence-electron chi connectivity index (χ4n) is 6.19. The molecule has 2 bridgehead atoms. The van der Waals surface area contributed by atoms with Crippen LogP contribution in [-0.4, -0.2) is 35.4 Å². The molecule has 30 heavy (non-hydrogen) atoms. The molecular weight excluding hydrogens is 396 g/mol. The van der Waals surface area contributed by atoms with Crippen molar-refractivity contribution in [2.24, 2.45) is 16.7 Å². The summed E-state index contributed by atoms with van der Waals surface area (Å²) in [6.07, 6.45) is 7.75. The summed E-state index contributed by atoms with van der Waals surface area (Å²) < 4.78 is 27.9. The maximum absolute atomic E-state index is 13.9. The van der Waals surface area contributed by atoms with Crippen LogP contribution in [0.3, 0.4) is 0 Å². The number of aromatic nitrogens is 1. The van der Waals surface area contributed by atoms with Crippen molar-refractivity contribution in [1.82, 2.24) is 9.29 Å². The monoisotopic (exact) mass is 422 g/mol. The molecule has 1 aromatic carbocycles. The molecule has 3 aliphatic rings. The molecule has 156 valence electrons. The summed E-state index contributed by atoms with van der Waals surface area (Å²) in [5, 5.41) is 0. The summed E-state index contributed by atoms with van der Waals surface area (Å²) in [5.74, 6) is 0.126. The van der Waals surface area contributed by atoms with Gasteiger partial charge >= 0.3 is 0 Å². The zero-order valence-corrected chi connectivity index (χ0v) is 18.1. The van der Waals surface area contributed by atoms with E-state index in [0.29, 0.717) is 17.1 Å². The average Bonchev–Trinajstić information content (AvgIpc) is 3.21. The van der Waals surface area contributed by atoms with Gasteiger partial charge in [0.2, 0.25) is 10.0 Å². The number of carbonyl (C=O) groups is 1. The van der Waals surface area contributed by atoms with E-state index in [4.69, 9.17) is 0 Å². The molecular formula is C24H26N2O3S. The van der Waals surface area contributed by atoms with Gasteiger partial charge in [0, 0.05) is 23.4 Å². The highest BCUT2D eigenvalue weighted by Crippen LogP contribution is 2.70. The second-order valence-corrected chi connectivity index (χ2v) is 11.3. The molecule has 1 amide bonds. The lowest BCUT2D eigenvalue weighted by molar-refractivity contribution is -0.123. The molecule has 2 aliphatic carbocycles. The van der Waals surface area contributed by atoms with Crippen molar-refractivity contribution in [2.75, 3.05) is 5.75 Å². The largest absolute Gasteiger partial charge is 0.268 e. The number of benzene rings is 1. The van der Waals surface area contributed by atoms with E-state index in [2.05, 4.69) is 18.8 Å². The second kappa shape index (κ2) is 6.51. The highest BCUT2D eigenvalue weighted by molar-refractivity contribution is 7.90. The Morgan fingerprint density at radius 3 is 2.50 bits per heavy atom. The molecule has 1 saturated heterocycles. The Balaban J connectivity index is 1.62. The summed E-state index contributed by atoms with van der Waals surface area (Å²) in [6, 6.07) is 12.8. The Morgan fingerprint density at radius 1 is 1.13 bits per heavy atom. The van der Waals surface area contributed by atoms with E-state index < -0.39 is 15.9 Å². The molecule has 3 fully saturated rings. The van der Waals surface area contributed by atoms with Crippen LogP contribution < -0.4 is 0 Å². The Bertz CT molecular complexity index is 1130. The van der Waals surface area contributed by atoms with Crippen molar-refractivity contribution in [3.05, 3.63) is 66.0 Å². The van der Waals surface area contributed by atoms with Gasteiger partial charge in [-0.15, -0.1) is 0 Å². The summed E-state index contributed by atoms with van der Waals surface area (Å²) in [4.78, 5) is 17.9. The molecule has 2 unspecified atom stereocenters. The van der Waals surface area contributed by atoms with Crippen LogP contribution in [0.15, 0.2) is 54.9 Å². The normalized spacial score (nSPS) is 31.0. The van der Waals surface area contributed by atoms with Crippen LogP contribution in [0.4, 0.5) is 0 Å². The minimum Gasteiger partial charge on any atom is -0.268 e. The molecule has 0 N–H and O–H groups in total. The van der Waals surface area contributed by atoms with Gasteiger partial charge in [-0.05, 0) is 59.9 Å². The number of pyridine rings is 1. The van der Waals surface area contributed by atoms with Crippen LogP contribution in [-0.2, 0) is 14.8 Å². The van der Waals surface area contributed by atoms with Crippen molar-refractivity contribution >= 4 is 27.6 Å². The highest BCUT2D eigenvalue weighted by Gasteiger charge is 2.72. The zero-order valence-electron chi connectivity index (χ0n) is 17.3. The molecule has 1 spiro atoms. The lowest BCUT2D eigenvalue weighted by Gasteiger charge is -2.37. The SMILES string of the molecule is CC1(C)C2CC[C@]13CS(=O)(=O)N(C(=O)/C(=C\c1ccccc1)c1ccncc1)C3C2. The van der Waals surface area contributed by atoms with Crippen LogP contribution in [0.5, 0.6) is 0 Å². The Morgan fingerprint density at radius 2 is 1.83 bits per heavy atom. The Labute approximate surface area is 177 Å². The summed E-state index contributed by atoms with van der Waals surface area (Å²) in [5.41, 5.74) is 1.53. The van der Waals surface area contributed by atoms with Crippen LogP contribution in [0.2, 0.25) is 0 Å². The van der Waals surface area contributed by atoms with E-state index in [-0.39, 0.29) is 22.6 Å². The lowest BCUT2D eigenvalue weighted by Crippen LogP contribution is -2.44. The smallest absolute Gasteiger partial charge is 0.268 e. The number of nitrogens with zero attached hydrogens (tertiary/aromatic N) is 2. The van der Waals surface area contributed by atoms with Crippen molar-refractivity contribution in [3.63, 3.8) is 0 Å². The average molecular weight is 423 g/mol. The van der Waals surface area contributed by atoms with Crippen LogP contribution >= 0.6 is 0 Å². The maximum atomic E-state index is 13.9. The highest BCUT2D eigenvalue weighted by atomic mass is 32.2. The first-order valence-corrected chi connectivity index (χ1v) is 12.1. The van der Waals surface area contributed by atoms with Gasteiger partial charge in [0.25, 0.3) is 5.91 Å². The maximum Gasteiger partial charge on any atom is 0.268 e. The summed E-state index contributed by atoms with van der Waals surface area (Å²) in [6.45, 7) is 4.38. The lowest BCUT2D eigenvalue weighted by atomic mass is 9.69. The minimum atomic E-state index is -3.68. The van der Waals surface area contributed by atoms with Crippen LogP contribution in [0, 0.1) is 16.7 Å². The number of hydrogen-bond acceptors (Lipinski definition) is 4. The Hall–Kier alpha value is -2.47. The van der Waals surface area contributed by atoms with Crippen LogP contribution in [0.25, 0.3) is 11.6 Å². The molecule has 1 aromatic heterocycles. The minimum absolute atomic E-state index is 0.0697. The number of sulfonamides is 1. The molecule has 1 aliphatic heterocycles. The van der Waals surface area contributed by atoms with E-state index in [1.54, 1.807) is 30.6 Å². The second-order valence-electron chi connectivity index (χ2n) is 9.43. The van der Waals surface area contributed by atoms with Crippen molar-refractivity contribution in [3.8, 4) is 0 Å². The molecule has 5 nitrogen and oxygen atoms in total. The van der Waals surface area contributed by atoms with Gasteiger partial charge in [-0.1, -0.05) is 44.2 Å². The molecule has 2 heterocycles. The van der Waals surface area contributed by atoms with Gasteiger partial charge in [0.15, 0.2) is 0 Å². The number of hydrogen-bond donors (Lipinski definition) is 0. The van der Waals surface area contributed by atoms with E-state index >= 15 is 0 Å². The molecule has 6 heteroatoms. The third-order valence-electron chi connectivity index (χ3n) is 7.94. The molecule has 2 saturated carbocycles. The summed E-state index contributed by atoms with van der Waals surface area (Å²) in [7, 11) is -3.68. The molecule has 2 aromatic rings. The predicted molar refractivity (Wildman–Crippen MR) is 117 cm³/mol. The fourth-order valence-corrected chi connectivity index (χ4v) is 8.72. The van der Waals surface area contributed by atoms with Gasteiger partial charge in [-0.25, -0.2) is 12.7 Å². The third kappa shape index (κ3) is 2.62. The third-order valence-corrected chi connectivity index (χ3v) is 9.84. The van der Waals surface area contributed by atoms with Gasteiger partial charge in [0.1, 0.15) is 0 Å². The van der Waals surface area contributed by atoms with E-state index in [9.17, 15) is 13.2 Å². The van der Waals surface area contributed by atoms with Gasteiger partial charge in [-0.3, -0.25) is 9.78 Å². The van der Waals surface area contributed by atoms with Gasteiger partial charge < -0.3 is 0 Å². The number of carbonyl (C=O) groups excluding carboxylic acids is 1. The van der Waals surface area contributed by atoms with Crippen LogP contribution in [0.1, 0.15) is 44.2 Å². The quantitative estimate of drug-likeness (QED) is 0.702. The van der Waals surface area contributed by atoms with Crippen molar-refractivity contribution < 1.29 is 13.2 Å².